The van der Waals surface area contributed by atoms with Crippen LogP contribution in [0.25, 0.3) is 10.9 Å². The molecule has 0 aliphatic carbocycles. The Kier molecular flexibility index (Phi) is 3.49. The van der Waals surface area contributed by atoms with E-state index in [1.807, 2.05) is 45.0 Å². The number of carbonyl (C=O) groups is 1. The zero-order valence-corrected chi connectivity index (χ0v) is 13.4. The van der Waals surface area contributed by atoms with E-state index in [0.717, 1.165) is 27.7 Å². The molecule has 0 saturated heterocycles. The summed E-state index contributed by atoms with van der Waals surface area (Å²) >= 11 is 0. The molecule has 1 aromatic heterocycles. The molecule has 1 amide bonds. The quantitative estimate of drug-likeness (QED) is 0.709. The molecule has 112 valence electrons. The summed E-state index contributed by atoms with van der Waals surface area (Å²) in [5.41, 5.74) is 6.90. The van der Waals surface area contributed by atoms with E-state index in [9.17, 15) is 4.79 Å². The molecule has 3 aromatic rings. The lowest BCUT2D eigenvalue weighted by atomic mass is 10.1. The topological polar surface area (TPSA) is 44.9 Å². The first-order chi connectivity index (χ1) is 10.5. The van der Waals surface area contributed by atoms with Crippen LogP contribution in [-0.2, 0) is 0 Å². The molecule has 0 aliphatic rings. The lowest BCUT2D eigenvalue weighted by Crippen LogP contribution is -2.14. The first-order valence-electron chi connectivity index (χ1n) is 7.43. The first kappa shape index (κ1) is 14.4. The number of rotatable bonds is 2. The van der Waals surface area contributed by atoms with Gasteiger partial charge in [0, 0.05) is 16.6 Å². The Morgan fingerprint density at radius 2 is 1.64 bits per heavy atom. The molecule has 3 rings (SSSR count). The van der Waals surface area contributed by atoms with Gasteiger partial charge in [0.05, 0.1) is 0 Å². The average Bonchev–Trinajstić information content (AvgIpc) is 2.79. The molecule has 0 aliphatic heterocycles. The fraction of sp³-hybridized carbons (Fsp3) is 0.211. The van der Waals surface area contributed by atoms with Crippen molar-refractivity contribution in [3.05, 3.63) is 64.3 Å². The minimum atomic E-state index is -0.0988. The van der Waals surface area contributed by atoms with Gasteiger partial charge in [-0.2, -0.15) is 0 Å². The maximum atomic E-state index is 12.6. The minimum absolute atomic E-state index is 0.0988. The van der Waals surface area contributed by atoms with Gasteiger partial charge in [0.1, 0.15) is 5.69 Å². The Hall–Kier alpha value is -2.55. The van der Waals surface area contributed by atoms with Gasteiger partial charge < -0.3 is 10.3 Å². The molecule has 3 nitrogen and oxygen atoms in total. The third-order valence-electron chi connectivity index (χ3n) is 4.07. The van der Waals surface area contributed by atoms with Crippen molar-refractivity contribution in [2.45, 2.75) is 27.7 Å². The van der Waals surface area contributed by atoms with Gasteiger partial charge in [0.25, 0.3) is 5.91 Å². The van der Waals surface area contributed by atoms with E-state index in [0.29, 0.717) is 5.69 Å². The second-order valence-corrected chi connectivity index (χ2v) is 5.95. The zero-order chi connectivity index (χ0) is 15.9. The lowest BCUT2D eigenvalue weighted by molar-refractivity contribution is 0.102. The summed E-state index contributed by atoms with van der Waals surface area (Å²) in [6.07, 6.45) is 0. The Labute approximate surface area is 130 Å². The SMILES string of the molecule is Cc1ccc(NC(=O)c2[nH]c3ccc(C)cc3c2C)c(C)c1. The summed E-state index contributed by atoms with van der Waals surface area (Å²) in [7, 11) is 0. The maximum absolute atomic E-state index is 12.6. The van der Waals surface area contributed by atoms with Crippen LogP contribution in [0.3, 0.4) is 0 Å². The van der Waals surface area contributed by atoms with Gasteiger partial charge in [-0.15, -0.1) is 0 Å². The molecule has 0 fully saturated rings. The van der Waals surface area contributed by atoms with Crippen LogP contribution >= 0.6 is 0 Å². The van der Waals surface area contributed by atoms with Crippen molar-refractivity contribution in [2.24, 2.45) is 0 Å². The van der Waals surface area contributed by atoms with Crippen LogP contribution in [0.2, 0.25) is 0 Å². The second-order valence-electron chi connectivity index (χ2n) is 5.95. The van der Waals surface area contributed by atoms with Crippen LogP contribution in [0.1, 0.15) is 32.7 Å². The van der Waals surface area contributed by atoms with E-state index < -0.39 is 0 Å². The van der Waals surface area contributed by atoms with Crippen molar-refractivity contribution in [3.63, 3.8) is 0 Å². The Bertz CT molecular complexity index is 875. The number of benzene rings is 2. The number of aromatic nitrogens is 1. The van der Waals surface area contributed by atoms with E-state index in [2.05, 4.69) is 29.4 Å². The van der Waals surface area contributed by atoms with Gasteiger partial charge in [0.2, 0.25) is 0 Å². The number of hydrogen-bond donors (Lipinski definition) is 2. The number of amides is 1. The van der Waals surface area contributed by atoms with Crippen LogP contribution in [0, 0.1) is 27.7 Å². The molecule has 0 radical (unpaired) electrons. The molecule has 1 heterocycles. The van der Waals surface area contributed by atoms with E-state index in [1.54, 1.807) is 0 Å². The summed E-state index contributed by atoms with van der Waals surface area (Å²) in [5.74, 6) is -0.0988. The molecule has 0 bridgehead atoms. The molecular formula is C19H20N2O. The average molecular weight is 292 g/mol. The highest BCUT2D eigenvalue weighted by Gasteiger charge is 2.15. The molecule has 22 heavy (non-hydrogen) atoms. The standard InChI is InChI=1S/C19H20N2O/c1-11-5-7-16(13(3)9-11)21-19(22)18-14(4)15-10-12(2)6-8-17(15)20-18/h5-10,20H,1-4H3,(H,21,22). The number of H-pyrrole nitrogens is 1. The third kappa shape index (κ3) is 2.50. The van der Waals surface area contributed by atoms with Gasteiger partial charge in [-0.1, -0.05) is 29.3 Å². The Balaban J connectivity index is 1.97. The highest BCUT2D eigenvalue weighted by molar-refractivity contribution is 6.08. The van der Waals surface area contributed by atoms with E-state index in [1.165, 1.54) is 11.1 Å². The van der Waals surface area contributed by atoms with Crippen LogP contribution in [0.5, 0.6) is 0 Å². The molecule has 0 atom stereocenters. The number of aryl methyl sites for hydroxylation is 4. The van der Waals surface area contributed by atoms with E-state index >= 15 is 0 Å². The monoisotopic (exact) mass is 292 g/mol. The summed E-state index contributed by atoms with van der Waals surface area (Å²) in [4.78, 5) is 15.8. The summed E-state index contributed by atoms with van der Waals surface area (Å²) in [6, 6.07) is 12.2. The van der Waals surface area contributed by atoms with Gasteiger partial charge in [-0.05, 0) is 57.0 Å². The number of anilines is 1. The lowest BCUT2D eigenvalue weighted by Gasteiger charge is -2.08. The van der Waals surface area contributed by atoms with Crippen molar-refractivity contribution in [1.29, 1.82) is 0 Å². The van der Waals surface area contributed by atoms with Crippen molar-refractivity contribution < 1.29 is 4.79 Å². The molecular weight excluding hydrogens is 272 g/mol. The van der Waals surface area contributed by atoms with E-state index in [4.69, 9.17) is 0 Å². The van der Waals surface area contributed by atoms with Gasteiger partial charge in [0.15, 0.2) is 0 Å². The predicted octanol–water partition coefficient (Wildman–Crippen LogP) is 4.65. The van der Waals surface area contributed by atoms with Gasteiger partial charge >= 0.3 is 0 Å². The summed E-state index contributed by atoms with van der Waals surface area (Å²) in [5, 5.41) is 4.10. The number of aromatic amines is 1. The van der Waals surface area contributed by atoms with Gasteiger partial charge in [-0.25, -0.2) is 0 Å². The number of carbonyl (C=O) groups excluding carboxylic acids is 1. The zero-order valence-electron chi connectivity index (χ0n) is 13.4. The molecule has 2 aromatic carbocycles. The van der Waals surface area contributed by atoms with Crippen molar-refractivity contribution in [3.8, 4) is 0 Å². The molecule has 0 unspecified atom stereocenters. The molecule has 0 spiro atoms. The molecule has 3 heteroatoms. The van der Waals surface area contributed by atoms with Crippen molar-refractivity contribution in [1.82, 2.24) is 4.98 Å². The highest BCUT2D eigenvalue weighted by atomic mass is 16.1. The fourth-order valence-corrected chi connectivity index (χ4v) is 2.81. The highest BCUT2D eigenvalue weighted by Crippen LogP contribution is 2.24. The second kappa shape index (κ2) is 5.34. The van der Waals surface area contributed by atoms with E-state index in [-0.39, 0.29) is 5.91 Å². The number of hydrogen-bond acceptors (Lipinski definition) is 1. The molecule has 0 saturated carbocycles. The smallest absolute Gasteiger partial charge is 0.272 e. The van der Waals surface area contributed by atoms with Gasteiger partial charge in [-0.3, -0.25) is 4.79 Å². The summed E-state index contributed by atoms with van der Waals surface area (Å²) in [6.45, 7) is 8.09. The fourth-order valence-electron chi connectivity index (χ4n) is 2.81. The predicted molar refractivity (Wildman–Crippen MR) is 91.6 cm³/mol. The Morgan fingerprint density at radius 3 is 2.36 bits per heavy atom. The van der Waals surface area contributed by atoms with Crippen LogP contribution in [0.4, 0.5) is 5.69 Å². The minimum Gasteiger partial charge on any atom is -0.350 e. The van der Waals surface area contributed by atoms with Crippen molar-refractivity contribution in [2.75, 3.05) is 5.32 Å². The number of nitrogens with one attached hydrogen (secondary N) is 2. The van der Waals surface area contributed by atoms with Crippen molar-refractivity contribution >= 4 is 22.5 Å². The van der Waals surface area contributed by atoms with Crippen LogP contribution < -0.4 is 5.32 Å². The van der Waals surface area contributed by atoms with Crippen LogP contribution in [-0.4, -0.2) is 10.9 Å². The maximum Gasteiger partial charge on any atom is 0.272 e. The summed E-state index contributed by atoms with van der Waals surface area (Å²) < 4.78 is 0. The number of fused-ring (bicyclic) bond motifs is 1. The normalized spacial score (nSPS) is 10.9. The Morgan fingerprint density at radius 1 is 0.955 bits per heavy atom. The molecule has 2 N–H and O–H groups in total. The third-order valence-corrected chi connectivity index (χ3v) is 4.07. The van der Waals surface area contributed by atoms with Crippen LogP contribution in [0.15, 0.2) is 36.4 Å². The first-order valence-corrected chi connectivity index (χ1v) is 7.43. The largest absolute Gasteiger partial charge is 0.350 e.